The SMILES string of the molecule is COc1cccc(CC(=O)NCc2cccnc2N2CCN(C)CC2)c1. The van der Waals surface area contributed by atoms with E-state index in [4.69, 9.17) is 4.74 Å². The Hall–Kier alpha value is -2.60. The Bertz CT molecular complexity index is 742. The Kier molecular flexibility index (Phi) is 6.07. The lowest BCUT2D eigenvalue weighted by atomic mass is 10.1. The molecule has 1 saturated heterocycles. The second kappa shape index (κ2) is 8.67. The number of carbonyl (C=O) groups excluding carboxylic acids is 1. The quantitative estimate of drug-likeness (QED) is 0.856. The molecule has 0 saturated carbocycles. The summed E-state index contributed by atoms with van der Waals surface area (Å²) in [5.41, 5.74) is 1.99. The van der Waals surface area contributed by atoms with Crippen molar-refractivity contribution in [3.8, 4) is 5.75 Å². The first-order valence-electron chi connectivity index (χ1n) is 8.92. The van der Waals surface area contributed by atoms with E-state index in [1.165, 1.54) is 0 Å². The summed E-state index contributed by atoms with van der Waals surface area (Å²) < 4.78 is 5.21. The summed E-state index contributed by atoms with van der Waals surface area (Å²) in [5, 5.41) is 3.02. The molecule has 2 aromatic rings. The van der Waals surface area contributed by atoms with Crippen molar-refractivity contribution in [1.29, 1.82) is 0 Å². The molecule has 0 aliphatic carbocycles. The van der Waals surface area contributed by atoms with Crippen molar-refractivity contribution in [3.63, 3.8) is 0 Å². The lowest BCUT2D eigenvalue weighted by Crippen LogP contribution is -2.45. The number of hydrogen-bond acceptors (Lipinski definition) is 5. The van der Waals surface area contributed by atoms with Gasteiger partial charge in [0.05, 0.1) is 13.5 Å². The van der Waals surface area contributed by atoms with E-state index in [1.807, 2.05) is 42.6 Å². The Morgan fingerprint density at radius 2 is 2.00 bits per heavy atom. The second-order valence-electron chi connectivity index (χ2n) is 6.58. The van der Waals surface area contributed by atoms with Gasteiger partial charge in [0.15, 0.2) is 0 Å². The summed E-state index contributed by atoms with van der Waals surface area (Å²) in [6.07, 6.45) is 2.15. The Morgan fingerprint density at radius 3 is 2.77 bits per heavy atom. The van der Waals surface area contributed by atoms with Gasteiger partial charge in [0.2, 0.25) is 5.91 Å². The molecule has 1 N–H and O–H groups in total. The second-order valence-corrected chi connectivity index (χ2v) is 6.58. The first kappa shape index (κ1) is 18.2. The molecule has 0 radical (unpaired) electrons. The molecule has 1 amide bonds. The maximum Gasteiger partial charge on any atom is 0.224 e. The number of aromatic nitrogens is 1. The number of carbonyl (C=O) groups is 1. The number of likely N-dealkylation sites (N-methyl/N-ethyl adjacent to an activating group) is 1. The van der Waals surface area contributed by atoms with Gasteiger partial charge in [-0.2, -0.15) is 0 Å². The van der Waals surface area contributed by atoms with Gasteiger partial charge in [0.25, 0.3) is 0 Å². The number of amides is 1. The van der Waals surface area contributed by atoms with Crippen molar-refractivity contribution < 1.29 is 9.53 Å². The summed E-state index contributed by atoms with van der Waals surface area (Å²) >= 11 is 0. The van der Waals surface area contributed by atoms with Crippen LogP contribution in [-0.2, 0) is 17.8 Å². The zero-order chi connectivity index (χ0) is 18.4. The maximum absolute atomic E-state index is 12.3. The van der Waals surface area contributed by atoms with Gasteiger partial charge in [-0.15, -0.1) is 0 Å². The minimum absolute atomic E-state index is 0.00793. The van der Waals surface area contributed by atoms with Gasteiger partial charge in [-0.05, 0) is 30.8 Å². The number of benzene rings is 1. The van der Waals surface area contributed by atoms with Crippen LogP contribution in [0, 0.1) is 0 Å². The number of ether oxygens (including phenoxy) is 1. The Labute approximate surface area is 154 Å². The molecule has 1 aliphatic heterocycles. The van der Waals surface area contributed by atoms with Gasteiger partial charge in [0.1, 0.15) is 11.6 Å². The van der Waals surface area contributed by atoms with E-state index >= 15 is 0 Å². The summed E-state index contributed by atoms with van der Waals surface area (Å²) in [6.45, 7) is 4.45. The third-order valence-electron chi connectivity index (χ3n) is 4.65. The number of piperazine rings is 1. The number of rotatable bonds is 6. The molecule has 1 fully saturated rings. The van der Waals surface area contributed by atoms with Crippen LogP contribution in [0.15, 0.2) is 42.6 Å². The molecular formula is C20H26N4O2. The number of nitrogens with one attached hydrogen (secondary N) is 1. The highest BCUT2D eigenvalue weighted by atomic mass is 16.5. The summed E-state index contributed by atoms with van der Waals surface area (Å²) in [4.78, 5) is 21.5. The van der Waals surface area contributed by atoms with E-state index in [-0.39, 0.29) is 5.91 Å². The van der Waals surface area contributed by atoms with Gasteiger partial charge in [-0.3, -0.25) is 4.79 Å². The van der Waals surface area contributed by atoms with Crippen LogP contribution < -0.4 is 15.0 Å². The third-order valence-corrected chi connectivity index (χ3v) is 4.65. The van der Waals surface area contributed by atoms with Crippen LogP contribution in [0.3, 0.4) is 0 Å². The van der Waals surface area contributed by atoms with Gasteiger partial charge in [-0.25, -0.2) is 4.98 Å². The molecule has 0 spiro atoms. The van der Waals surface area contributed by atoms with Gasteiger partial charge < -0.3 is 19.9 Å². The maximum atomic E-state index is 12.3. The summed E-state index contributed by atoms with van der Waals surface area (Å²) in [7, 11) is 3.76. The predicted molar refractivity (Wildman–Crippen MR) is 102 cm³/mol. The molecule has 0 bridgehead atoms. The Balaban J connectivity index is 1.60. The molecule has 1 aromatic heterocycles. The van der Waals surface area contributed by atoms with E-state index in [9.17, 15) is 4.79 Å². The zero-order valence-corrected chi connectivity index (χ0v) is 15.4. The molecule has 2 heterocycles. The van der Waals surface area contributed by atoms with Crippen molar-refractivity contribution in [1.82, 2.24) is 15.2 Å². The first-order chi connectivity index (χ1) is 12.7. The minimum atomic E-state index is -0.00793. The standard InChI is InChI=1S/C20H26N4O2/c1-23-9-11-24(12-10-23)20-17(6-4-8-21-20)15-22-19(25)14-16-5-3-7-18(13-16)26-2/h3-8,13H,9-12,14-15H2,1-2H3,(H,22,25). The van der Waals surface area contributed by atoms with Crippen molar-refractivity contribution >= 4 is 11.7 Å². The van der Waals surface area contributed by atoms with Crippen LogP contribution in [-0.4, -0.2) is 56.1 Å². The summed E-state index contributed by atoms with van der Waals surface area (Å²) in [6, 6.07) is 11.5. The van der Waals surface area contributed by atoms with Crippen LogP contribution >= 0.6 is 0 Å². The van der Waals surface area contributed by atoms with E-state index in [2.05, 4.69) is 27.1 Å². The van der Waals surface area contributed by atoms with Crippen LogP contribution in [0.2, 0.25) is 0 Å². The van der Waals surface area contributed by atoms with Crippen molar-refractivity contribution in [2.45, 2.75) is 13.0 Å². The van der Waals surface area contributed by atoms with Crippen LogP contribution in [0.25, 0.3) is 0 Å². The molecule has 6 heteroatoms. The minimum Gasteiger partial charge on any atom is -0.497 e. The highest BCUT2D eigenvalue weighted by Gasteiger charge is 2.18. The number of hydrogen-bond donors (Lipinski definition) is 1. The fourth-order valence-electron chi connectivity index (χ4n) is 3.10. The molecule has 6 nitrogen and oxygen atoms in total. The highest BCUT2D eigenvalue weighted by Crippen LogP contribution is 2.19. The van der Waals surface area contributed by atoms with Crippen LogP contribution in [0.5, 0.6) is 5.75 Å². The van der Waals surface area contributed by atoms with Crippen molar-refractivity contribution in [2.75, 3.05) is 45.2 Å². The van der Waals surface area contributed by atoms with Crippen molar-refractivity contribution in [2.24, 2.45) is 0 Å². The van der Waals surface area contributed by atoms with E-state index in [0.29, 0.717) is 13.0 Å². The Morgan fingerprint density at radius 1 is 1.19 bits per heavy atom. The molecular weight excluding hydrogens is 328 g/mol. The zero-order valence-electron chi connectivity index (χ0n) is 15.4. The average Bonchev–Trinajstić information content (AvgIpc) is 2.67. The normalized spacial score (nSPS) is 14.9. The number of pyridine rings is 1. The molecule has 0 atom stereocenters. The largest absolute Gasteiger partial charge is 0.497 e. The first-order valence-corrected chi connectivity index (χ1v) is 8.92. The van der Waals surface area contributed by atoms with Gasteiger partial charge in [0, 0.05) is 44.5 Å². The lowest BCUT2D eigenvalue weighted by Gasteiger charge is -2.34. The number of nitrogens with zero attached hydrogens (tertiary/aromatic N) is 3. The lowest BCUT2D eigenvalue weighted by molar-refractivity contribution is -0.120. The van der Waals surface area contributed by atoms with E-state index in [0.717, 1.165) is 48.9 Å². The fourth-order valence-corrected chi connectivity index (χ4v) is 3.10. The monoisotopic (exact) mass is 354 g/mol. The molecule has 1 aromatic carbocycles. The topological polar surface area (TPSA) is 57.7 Å². The number of anilines is 1. The highest BCUT2D eigenvalue weighted by molar-refractivity contribution is 5.78. The molecule has 138 valence electrons. The third kappa shape index (κ3) is 4.73. The molecule has 0 unspecified atom stereocenters. The van der Waals surface area contributed by atoms with Gasteiger partial charge >= 0.3 is 0 Å². The van der Waals surface area contributed by atoms with Crippen LogP contribution in [0.1, 0.15) is 11.1 Å². The van der Waals surface area contributed by atoms with Gasteiger partial charge in [-0.1, -0.05) is 18.2 Å². The average molecular weight is 354 g/mol. The molecule has 3 rings (SSSR count). The molecule has 1 aliphatic rings. The smallest absolute Gasteiger partial charge is 0.224 e. The number of methoxy groups -OCH3 is 1. The fraction of sp³-hybridized carbons (Fsp3) is 0.400. The van der Waals surface area contributed by atoms with Crippen molar-refractivity contribution in [3.05, 3.63) is 53.7 Å². The van der Waals surface area contributed by atoms with Crippen LogP contribution in [0.4, 0.5) is 5.82 Å². The summed E-state index contributed by atoms with van der Waals surface area (Å²) in [5.74, 6) is 1.73. The predicted octanol–water partition coefficient (Wildman–Crippen LogP) is 1.70. The van der Waals surface area contributed by atoms with E-state index in [1.54, 1.807) is 7.11 Å². The molecule has 26 heavy (non-hydrogen) atoms. The van der Waals surface area contributed by atoms with E-state index < -0.39 is 0 Å².